The highest BCUT2D eigenvalue weighted by Crippen LogP contribution is 2.22. The summed E-state index contributed by atoms with van der Waals surface area (Å²) in [7, 11) is 0. The highest BCUT2D eigenvalue weighted by Gasteiger charge is 2.22. The number of urea groups is 1. The first kappa shape index (κ1) is 16.8. The van der Waals surface area contributed by atoms with E-state index in [0.717, 1.165) is 41.9 Å². The van der Waals surface area contributed by atoms with Crippen molar-refractivity contribution in [3.63, 3.8) is 0 Å². The molecule has 1 N–H and O–H groups in total. The minimum absolute atomic E-state index is 0.0233. The summed E-state index contributed by atoms with van der Waals surface area (Å²) in [5.41, 5.74) is 4.46. The molecule has 0 aromatic heterocycles. The average molecular weight is 388 g/mol. The standard InChI is InChI=1S/C19H22BrN3O/c1-14-5-3-4-6-18(14)22-9-11-23(12-10-22)19(24)21-17-8-7-16(20)13-15(17)2/h3-8,13H,9-12H2,1-2H3,(H,21,24). The van der Waals surface area contributed by atoms with Crippen molar-refractivity contribution >= 4 is 33.3 Å². The molecule has 4 nitrogen and oxygen atoms in total. The summed E-state index contributed by atoms with van der Waals surface area (Å²) >= 11 is 3.45. The van der Waals surface area contributed by atoms with Gasteiger partial charge < -0.3 is 15.1 Å². The molecular formula is C19H22BrN3O. The molecule has 0 saturated carbocycles. The van der Waals surface area contributed by atoms with Crippen molar-refractivity contribution in [1.82, 2.24) is 4.90 Å². The number of rotatable bonds is 2. The van der Waals surface area contributed by atoms with E-state index in [2.05, 4.69) is 57.3 Å². The van der Waals surface area contributed by atoms with E-state index in [-0.39, 0.29) is 6.03 Å². The maximum atomic E-state index is 12.5. The average Bonchev–Trinajstić information content (AvgIpc) is 2.58. The van der Waals surface area contributed by atoms with Crippen molar-refractivity contribution in [3.05, 3.63) is 58.1 Å². The molecule has 126 valence electrons. The summed E-state index contributed by atoms with van der Waals surface area (Å²) in [5, 5.41) is 3.02. The summed E-state index contributed by atoms with van der Waals surface area (Å²) in [6.07, 6.45) is 0. The van der Waals surface area contributed by atoms with Gasteiger partial charge in [0.1, 0.15) is 0 Å². The van der Waals surface area contributed by atoms with Gasteiger partial charge in [-0.2, -0.15) is 0 Å². The lowest BCUT2D eigenvalue weighted by Gasteiger charge is -2.36. The number of benzene rings is 2. The van der Waals surface area contributed by atoms with Crippen LogP contribution in [0.3, 0.4) is 0 Å². The van der Waals surface area contributed by atoms with Gasteiger partial charge in [0.05, 0.1) is 0 Å². The van der Waals surface area contributed by atoms with Crippen LogP contribution in [0.5, 0.6) is 0 Å². The topological polar surface area (TPSA) is 35.6 Å². The third-order valence-electron chi connectivity index (χ3n) is 4.45. The molecular weight excluding hydrogens is 366 g/mol. The van der Waals surface area contributed by atoms with E-state index in [0.29, 0.717) is 0 Å². The zero-order valence-corrected chi connectivity index (χ0v) is 15.6. The zero-order chi connectivity index (χ0) is 17.1. The number of aryl methyl sites for hydroxylation is 2. The van der Waals surface area contributed by atoms with Crippen molar-refractivity contribution in [2.75, 3.05) is 36.4 Å². The first-order chi connectivity index (χ1) is 11.5. The molecule has 1 aliphatic heterocycles. The molecule has 2 aromatic rings. The monoisotopic (exact) mass is 387 g/mol. The SMILES string of the molecule is Cc1cc(Br)ccc1NC(=O)N1CCN(c2ccccc2C)CC1. The number of para-hydroxylation sites is 1. The van der Waals surface area contributed by atoms with E-state index in [1.807, 2.05) is 30.0 Å². The van der Waals surface area contributed by atoms with Gasteiger partial charge in [-0.1, -0.05) is 34.1 Å². The number of anilines is 2. The Morgan fingerprint density at radius 2 is 1.71 bits per heavy atom. The van der Waals surface area contributed by atoms with E-state index < -0.39 is 0 Å². The number of amides is 2. The van der Waals surface area contributed by atoms with Gasteiger partial charge in [0, 0.05) is 42.0 Å². The lowest BCUT2D eigenvalue weighted by Crippen LogP contribution is -2.50. The summed E-state index contributed by atoms with van der Waals surface area (Å²) in [5.74, 6) is 0. The van der Waals surface area contributed by atoms with Crippen molar-refractivity contribution in [3.8, 4) is 0 Å². The molecule has 1 aliphatic rings. The fourth-order valence-electron chi connectivity index (χ4n) is 3.03. The summed E-state index contributed by atoms with van der Waals surface area (Å²) in [6.45, 7) is 7.31. The third-order valence-corrected chi connectivity index (χ3v) is 4.95. The Bertz CT molecular complexity index is 739. The maximum Gasteiger partial charge on any atom is 0.321 e. The quantitative estimate of drug-likeness (QED) is 0.827. The lowest BCUT2D eigenvalue weighted by molar-refractivity contribution is 0.208. The molecule has 3 rings (SSSR count). The molecule has 0 bridgehead atoms. The fraction of sp³-hybridized carbons (Fsp3) is 0.316. The first-order valence-corrected chi connectivity index (χ1v) is 8.96. The molecule has 0 atom stereocenters. The van der Waals surface area contributed by atoms with Crippen LogP contribution in [0, 0.1) is 13.8 Å². The van der Waals surface area contributed by atoms with Crippen LogP contribution in [0.1, 0.15) is 11.1 Å². The molecule has 1 heterocycles. The number of nitrogens with zero attached hydrogens (tertiary/aromatic N) is 2. The van der Waals surface area contributed by atoms with Crippen LogP contribution in [0.2, 0.25) is 0 Å². The van der Waals surface area contributed by atoms with Crippen LogP contribution >= 0.6 is 15.9 Å². The van der Waals surface area contributed by atoms with E-state index in [9.17, 15) is 4.79 Å². The second-order valence-corrected chi connectivity index (χ2v) is 7.07. The van der Waals surface area contributed by atoms with Crippen LogP contribution in [0.4, 0.5) is 16.2 Å². The number of carbonyl (C=O) groups excluding carboxylic acids is 1. The lowest BCUT2D eigenvalue weighted by atomic mass is 10.1. The Kier molecular flexibility index (Phi) is 5.09. The smallest absolute Gasteiger partial charge is 0.321 e. The second kappa shape index (κ2) is 7.26. The van der Waals surface area contributed by atoms with Crippen molar-refractivity contribution in [2.45, 2.75) is 13.8 Å². The predicted molar refractivity (Wildman–Crippen MR) is 103 cm³/mol. The summed E-state index contributed by atoms with van der Waals surface area (Å²) < 4.78 is 1.02. The van der Waals surface area contributed by atoms with E-state index in [1.54, 1.807) is 0 Å². The largest absolute Gasteiger partial charge is 0.368 e. The maximum absolute atomic E-state index is 12.5. The predicted octanol–water partition coefficient (Wildman–Crippen LogP) is 4.42. The zero-order valence-electron chi connectivity index (χ0n) is 14.1. The normalized spacial score (nSPS) is 14.6. The highest BCUT2D eigenvalue weighted by atomic mass is 79.9. The second-order valence-electron chi connectivity index (χ2n) is 6.15. The van der Waals surface area contributed by atoms with Gasteiger partial charge in [-0.05, 0) is 49.2 Å². The van der Waals surface area contributed by atoms with Crippen molar-refractivity contribution in [2.24, 2.45) is 0 Å². The van der Waals surface area contributed by atoms with Gasteiger partial charge in [-0.15, -0.1) is 0 Å². The summed E-state index contributed by atoms with van der Waals surface area (Å²) in [4.78, 5) is 16.7. The first-order valence-electron chi connectivity index (χ1n) is 8.17. The minimum Gasteiger partial charge on any atom is -0.368 e. The number of nitrogens with one attached hydrogen (secondary N) is 1. The summed E-state index contributed by atoms with van der Waals surface area (Å²) in [6, 6.07) is 14.3. The van der Waals surface area contributed by atoms with Gasteiger partial charge in [0.25, 0.3) is 0 Å². The number of hydrogen-bond acceptors (Lipinski definition) is 2. The molecule has 0 unspecified atom stereocenters. The van der Waals surface area contributed by atoms with E-state index in [4.69, 9.17) is 0 Å². The van der Waals surface area contributed by atoms with Crippen molar-refractivity contribution in [1.29, 1.82) is 0 Å². The third kappa shape index (κ3) is 3.73. The molecule has 1 fully saturated rings. The number of halogens is 1. The molecule has 0 aliphatic carbocycles. The Morgan fingerprint density at radius 3 is 2.38 bits per heavy atom. The highest BCUT2D eigenvalue weighted by molar-refractivity contribution is 9.10. The molecule has 0 spiro atoms. The number of piperazine rings is 1. The molecule has 2 aromatic carbocycles. The molecule has 1 saturated heterocycles. The molecule has 0 radical (unpaired) electrons. The van der Waals surface area contributed by atoms with Gasteiger partial charge in [0.2, 0.25) is 0 Å². The Balaban J connectivity index is 1.60. The Morgan fingerprint density at radius 1 is 1.00 bits per heavy atom. The van der Waals surface area contributed by atoms with Crippen LogP contribution < -0.4 is 10.2 Å². The van der Waals surface area contributed by atoms with Gasteiger partial charge in [0.15, 0.2) is 0 Å². The van der Waals surface area contributed by atoms with Crippen molar-refractivity contribution < 1.29 is 4.79 Å². The van der Waals surface area contributed by atoms with E-state index >= 15 is 0 Å². The van der Waals surface area contributed by atoms with Crippen LogP contribution in [-0.4, -0.2) is 37.1 Å². The Labute approximate surface area is 151 Å². The van der Waals surface area contributed by atoms with Crippen LogP contribution in [-0.2, 0) is 0 Å². The molecule has 24 heavy (non-hydrogen) atoms. The number of hydrogen-bond donors (Lipinski definition) is 1. The van der Waals surface area contributed by atoms with Gasteiger partial charge in [-0.25, -0.2) is 4.79 Å². The van der Waals surface area contributed by atoms with Crippen LogP contribution in [0.25, 0.3) is 0 Å². The fourth-order valence-corrected chi connectivity index (χ4v) is 3.51. The van der Waals surface area contributed by atoms with E-state index in [1.165, 1.54) is 11.3 Å². The minimum atomic E-state index is -0.0233. The number of carbonyl (C=O) groups is 1. The Hall–Kier alpha value is -2.01. The van der Waals surface area contributed by atoms with Crippen LogP contribution in [0.15, 0.2) is 46.9 Å². The van der Waals surface area contributed by atoms with Gasteiger partial charge in [-0.3, -0.25) is 0 Å². The molecule has 5 heteroatoms. The molecule has 2 amide bonds. The van der Waals surface area contributed by atoms with Gasteiger partial charge >= 0.3 is 6.03 Å².